The number of amides is 2. The number of fused-ring (bicyclic) bond motifs is 1. The van der Waals surface area contributed by atoms with Crippen LogP contribution in [-0.2, 0) is 20.8 Å². The van der Waals surface area contributed by atoms with Crippen LogP contribution in [0.25, 0.3) is 0 Å². The highest BCUT2D eigenvalue weighted by Crippen LogP contribution is 2.50. The molecular formula is C17H18N2O6S. The number of rotatable bonds is 5. The fourth-order valence-corrected chi connectivity index (χ4v) is 4.99. The normalized spacial score (nSPS) is 26.0. The van der Waals surface area contributed by atoms with Gasteiger partial charge in [0, 0.05) is 4.75 Å². The van der Waals surface area contributed by atoms with Gasteiger partial charge >= 0.3 is 11.9 Å². The molecule has 3 atom stereocenters. The lowest BCUT2D eigenvalue weighted by atomic mass is 9.96. The zero-order valence-electron chi connectivity index (χ0n) is 14.1. The van der Waals surface area contributed by atoms with E-state index in [1.54, 1.807) is 26.0 Å². The number of benzene rings is 1. The van der Waals surface area contributed by atoms with Gasteiger partial charge in [-0.2, -0.15) is 0 Å². The van der Waals surface area contributed by atoms with Gasteiger partial charge in [0.25, 0.3) is 0 Å². The van der Waals surface area contributed by atoms with E-state index in [0.717, 1.165) is 0 Å². The van der Waals surface area contributed by atoms with Crippen LogP contribution in [0.3, 0.4) is 0 Å². The number of carbonyl (C=O) groups excluding carboxylic acids is 2. The number of nitrogens with one attached hydrogen (secondary N) is 1. The van der Waals surface area contributed by atoms with Crippen molar-refractivity contribution in [3.05, 3.63) is 35.4 Å². The molecule has 26 heavy (non-hydrogen) atoms. The summed E-state index contributed by atoms with van der Waals surface area (Å²) >= 11 is 1.35. The Morgan fingerprint density at radius 1 is 1.27 bits per heavy atom. The maximum atomic E-state index is 12.3. The molecule has 2 aliphatic rings. The predicted molar refractivity (Wildman–Crippen MR) is 92.8 cm³/mol. The number of aromatic carboxylic acids is 1. The van der Waals surface area contributed by atoms with E-state index in [1.165, 1.54) is 28.8 Å². The smallest absolute Gasteiger partial charge is 0.335 e. The van der Waals surface area contributed by atoms with Crippen LogP contribution < -0.4 is 5.32 Å². The minimum absolute atomic E-state index is 0.0615. The first-order valence-electron chi connectivity index (χ1n) is 7.96. The number of β-lactam (4-membered cyclic amide) rings is 1. The van der Waals surface area contributed by atoms with Crippen LogP contribution in [0.15, 0.2) is 24.3 Å². The first-order chi connectivity index (χ1) is 12.1. The molecule has 2 aliphatic heterocycles. The zero-order chi connectivity index (χ0) is 19.2. The molecule has 1 aromatic rings. The monoisotopic (exact) mass is 378 g/mol. The van der Waals surface area contributed by atoms with E-state index < -0.39 is 46.0 Å². The average molecular weight is 378 g/mol. The van der Waals surface area contributed by atoms with E-state index in [2.05, 4.69) is 5.32 Å². The Kier molecular flexibility index (Phi) is 4.43. The van der Waals surface area contributed by atoms with Gasteiger partial charge in [-0.25, -0.2) is 9.59 Å². The van der Waals surface area contributed by atoms with Gasteiger partial charge in [-0.05, 0) is 31.5 Å². The molecule has 3 N–H and O–H groups in total. The second-order valence-electron chi connectivity index (χ2n) is 6.83. The van der Waals surface area contributed by atoms with Crippen LogP contribution in [0.1, 0.15) is 29.8 Å². The predicted octanol–water partition coefficient (Wildman–Crippen LogP) is 0.559. The fraction of sp³-hybridized carbons (Fsp3) is 0.412. The van der Waals surface area contributed by atoms with Crippen molar-refractivity contribution < 1.29 is 29.4 Å². The fourth-order valence-electron chi connectivity index (χ4n) is 3.37. The van der Waals surface area contributed by atoms with E-state index >= 15 is 0 Å². The first-order valence-corrected chi connectivity index (χ1v) is 8.84. The molecule has 0 aliphatic carbocycles. The summed E-state index contributed by atoms with van der Waals surface area (Å²) < 4.78 is -0.651. The summed E-state index contributed by atoms with van der Waals surface area (Å²) in [5, 5.41) is 20.6. The van der Waals surface area contributed by atoms with Crippen LogP contribution in [0.4, 0.5) is 0 Å². The Balaban J connectivity index is 1.67. The molecule has 8 nitrogen and oxygen atoms in total. The third-order valence-corrected chi connectivity index (χ3v) is 6.10. The lowest BCUT2D eigenvalue weighted by Crippen LogP contribution is -2.70. The molecule has 2 heterocycles. The third-order valence-electron chi connectivity index (χ3n) is 4.53. The summed E-state index contributed by atoms with van der Waals surface area (Å²) in [5.74, 6) is -2.97. The lowest BCUT2D eigenvalue weighted by molar-refractivity contribution is -0.161. The molecule has 3 unspecified atom stereocenters. The number of hydrogen-bond acceptors (Lipinski definition) is 5. The number of nitrogens with zero attached hydrogens (tertiary/aromatic N) is 1. The van der Waals surface area contributed by atoms with Crippen molar-refractivity contribution in [3.8, 4) is 0 Å². The van der Waals surface area contributed by atoms with E-state index in [0.29, 0.717) is 5.56 Å². The Hall–Kier alpha value is -2.55. The maximum absolute atomic E-state index is 12.3. The minimum atomic E-state index is -1.08. The van der Waals surface area contributed by atoms with Crippen molar-refractivity contribution in [2.24, 2.45) is 0 Å². The van der Waals surface area contributed by atoms with Gasteiger partial charge in [-0.3, -0.25) is 9.59 Å². The summed E-state index contributed by atoms with van der Waals surface area (Å²) in [6.07, 6.45) is -0.0615. The number of carbonyl (C=O) groups is 4. The minimum Gasteiger partial charge on any atom is -0.480 e. The van der Waals surface area contributed by atoms with E-state index in [9.17, 15) is 24.3 Å². The van der Waals surface area contributed by atoms with Crippen molar-refractivity contribution in [2.75, 3.05) is 0 Å². The summed E-state index contributed by atoms with van der Waals surface area (Å²) in [6.45, 7) is 3.52. The van der Waals surface area contributed by atoms with Crippen molar-refractivity contribution in [3.63, 3.8) is 0 Å². The summed E-state index contributed by atoms with van der Waals surface area (Å²) in [7, 11) is 0. The van der Waals surface area contributed by atoms with Gasteiger partial charge in [0.05, 0.1) is 12.0 Å². The van der Waals surface area contributed by atoms with E-state index in [-0.39, 0.29) is 12.0 Å². The molecule has 9 heteroatoms. The molecule has 1 aromatic carbocycles. The molecule has 0 aromatic heterocycles. The average Bonchev–Trinajstić information content (AvgIpc) is 2.81. The molecule has 0 radical (unpaired) electrons. The highest BCUT2D eigenvalue weighted by atomic mass is 32.2. The van der Waals surface area contributed by atoms with Crippen LogP contribution in [-0.4, -0.2) is 61.1 Å². The quantitative estimate of drug-likeness (QED) is 0.640. The van der Waals surface area contributed by atoms with Gasteiger partial charge in [0.15, 0.2) is 0 Å². The van der Waals surface area contributed by atoms with Gasteiger partial charge in [-0.15, -0.1) is 11.8 Å². The van der Waals surface area contributed by atoms with E-state index in [1.807, 2.05) is 0 Å². The molecule has 138 valence electrons. The Morgan fingerprint density at radius 3 is 2.58 bits per heavy atom. The number of carboxylic acids is 2. The van der Waals surface area contributed by atoms with E-state index in [4.69, 9.17) is 5.11 Å². The summed E-state index contributed by atoms with van der Waals surface area (Å²) in [5.41, 5.74) is 0.604. The lowest BCUT2D eigenvalue weighted by Gasteiger charge is -2.43. The standard InChI is InChI=1S/C17H18N2O6S/c1-17(2)12(16(24)25)19-13(21)11(14(19)26-17)18-10(20)7-8-4-3-5-9(6-8)15(22)23/h3-6,11-12,14H,7H2,1-2H3,(H,18,20)(H,22,23)(H,24,25). The highest BCUT2D eigenvalue weighted by molar-refractivity contribution is 8.01. The van der Waals surface area contributed by atoms with Gasteiger partial charge in [0.2, 0.25) is 11.8 Å². The number of hydrogen-bond donors (Lipinski definition) is 3. The molecule has 0 saturated carbocycles. The van der Waals surface area contributed by atoms with Crippen molar-refractivity contribution in [2.45, 2.75) is 42.5 Å². The third kappa shape index (κ3) is 3.03. The Morgan fingerprint density at radius 2 is 1.96 bits per heavy atom. The largest absolute Gasteiger partial charge is 0.480 e. The topological polar surface area (TPSA) is 124 Å². The second-order valence-corrected chi connectivity index (χ2v) is 8.60. The summed E-state index contributed by atoms with van der Waals surface area (Å²) in [6, 6.07) is 4.33. The summed E-state index contributed by atoms with van der Waals surface area (Å²) in [4.78, 5) is 48.3. The number of carboxylic acid groups (broad SMARTS) is 2. The Bertz CT molecular complexity index is 808. The SMILES string of the molecule is CC1(C)SC2C(NC(=O)Cc3cccc(C(=O)O)c3)C(=O)N2C1C(=O)O. The molecular weight excluding hydrogens is 360 g/mol. The molecule has 2 saturated heterocycles. The number of thioether (sulfide) groups is 1. The Labute approximate surface area is 153 Å². The molecule has 0 bridgehead atoms. The zero-order valence-corrected chi connectivity index (χ0v) is 14.9. The van der Waals surface area contributed by atoms with Crippen LogP contribution >= 0.6 is 11.8 Å². The molecule has 3 rings (SSSR count). The first kappa shape index (κ1) is 18.2. The van der Waals surface area contributed by atoms with Crippen LogP contribution in [0.5, 0.6) is 0 Å². The van der Waals surface area contributed by atoms with Gasteiger partial charge in [0.1, 0.15) is 17.5 Å². The maximum Gasteiger partial charge on any atom is 0.335 e. The van der Waals surface area contributed by atoms with Crippen LogP contribution in [0, 0.1) is 0 Å². The molecule has 2 fully saturated rings. The van der Waals surface area contributed by atoms with Crippen molar-refractivity contribution in [1.29, 1.82) is 0 Å². The second kappa shape index (κ2) is 6.31. The van der Waals surface area contributed by atoms with Gasteiger partial charge < -0.3 is 20.4 Å². The highest BCUT2D eigenvalue weighted by Gasteiger charge is 2.64. The number of aliphatic carboxylic acids is 1. The van der Waals surface area contributed by atoms with Gasteiger partial charge in [-0.1, -0.05) is 12.1 Å². The molecule has 0 spiro atoms. The van der Waals surface area contributed by atoms with Crippen LogP contribution in [0.2, 0.25) is 0 Å². The van der Waals surface area contributed by atoms with Crippen molar-refractivity contribution in [1.82, 2.24) is 10.2 Å². The van der Waals surface area contributed by atoms with Crippen molar-refractivity contribution >= 4 is 35.5 Å². The molecule has 2 amide bonds.